The molecule has 4 aromatic rings. The van der Waals surface area contributed by atoms with Crippen LogP contribution in [-0.2, 0) is 0 Å². The third-order valence-corrected chi connectivity index (χ3v) is 6.79. The van der Waals surface area contributed by atoms with E-state index in [4.69, 9.17) is 24.2 Å². The average Bonchev–Trinajstić information content (AvgIpc) is 2.92. The molecule has 1 aromatic heterocycles. The first kappa shape index (κ1) is 26.1. The highest BCUT2D eigenvalue weighted by Gasteiger charge is 2.21. The SMILES string of the molecule is COc1cc(-c2nc(SCCC(C)C)nc(Nc3cccc4ccccc34)c2C#N)cc(OC)c1OC. The summed E-state index contributed by atoms with van der Waals surface area (Å²) in [6.45, 7) is 4.38. The monoisotopic (exact) mass is 514 g/mol. The molecular weight excluding hydrogens is 484 g/mol. The molecule has 0 radical (unpaired) electrons. The number of ether oxygens (including phenoxy) is 3. The number of methoxy groups -OCH3 is 3. The molecule has 0 aliphatic heterocycles. The number of nitrogens with one attached hydrogen (secondary N) is 1. The van der Waals surface area contributed by atoms with Crippen molar-refractivity contribution in [3.05, 3.63) is 60.2 Å². The molecule has 0 aliphatic carbocycles. The summed E-state index contributed by atoms with van der Waals surface area (Å²) in [5, 5.41) is 16.4. The highest BCUT2D eigenvalue weighted by atomic mass is 32.2. The number of thioether (sulfide) groups is 1. The molecule has 7 nitrogen and oxygen atoms in total. The van der Waals surface area contributed by atoms with Gasteiger partial charge in [0, 0.05) is 22.4 Å². The van der Waals surface area contributed by atoms with Crippen LogP contribution < -0.4 is 19.5 Å². The van der Waals surface area contributed by atoms with Crippen LogP contribution in [0.4, 0.5) is 11.5 Å². The number of rotatable bonds is 10. The Morgan fingerprint density at radius 2 is 1.65 bits per heavy atom. The smallest absolute Gasteiger partial charge is 0.203 e. The van der Waals surface area contributed by atoms with E-state index in [-0.39, 0.29) is 0 Å². The van der Waals surface area contributed by atoms with E-state index in [1.54, 1.807) is 45.2 Å². The van der Waals surface area contributed by atoms with Crippen LogP contribution in [0.3, 0.4) is 0 Å². The first-order valence-corrected chi connectivity index (χ1v) is 13.0. The predicted octanol–water partition coefficient (Wildman–Crippen LogP) is 7.08. The van der Waals surface area contributed by atoms with Crippen molar-refractivity contribution in [2.24, 2.45) is 5.92 Å². The van der Waals surface area contributed by atoms with E-state index in [0.717, 1.165) is 28.6 Å². The van der Waals surface area contributed by atoms with E-state index >= 15 is 0 Å². The quantitative estimate of drug-likeness (QED) is 0.177. The number of nitrogens with zero attached hydrogens (tertiary/aromatic N) is 3. The van der Waals surface area contributed by atoms with Gasteiger partial charge in [-0.15, -0.1) is 0 Å². The molecule has 37 heavy (non-hydrogen) atoms. The minimum Gasteiger partial charge on any atom is -0.493 e. The van der Waals surface area contributed by atoms with E-state index in [1.165, 1.54) is 0 Å². The summed E-state index contributed by atoms with van der Waals surface area (Å²) in [6.07, 6.45) is 1.03. The largest absolute Gasteiger partial charge is 0.493 e. The van der Waals surface area contributed by atoms with Crippen LogP contribution in [-0.4, -0.2) is 37.1 Å². The van der Waals surface area contributed by atoms with Gasteiger partial charge in [0.2, 0.25) is 5.75 Å². The first-order valence-electron chi connectivity index (χ1n) is 12.0. The fourth-order valence-corrected chi connectivity index (χ4v) is 5.06. The van der Waals surface area contributed by atoms with Crippen molar-refractivity contribution in [1.82, 2.24) is 9.97 Å². The van der Waals surface area contributed by atoms with Crippen LogP contribution in [0.2, 0.25) is 0 Å². The van der Waals surface area contributed by atoms with Crippen LogP contribution in [0.25, 0.3) is 22.0 Å². The molecule has 0 aliphatic rings. The predicted molar refractivity (Wildman–Crippen MR) is 149 cm³/mol. The second-order valence-electron chi connectivity index (χ2n) is 8.79. The maximum Gasteiger partial charge on any atom is 0.203 e. The molecule has 0 saturated carbocycles. The van der Waals surface area contributed by atoms with Crippen molar-refractivity contribution in [3.63, 3.8) is 0 Å². The molecule has 1 heterocycles. The molecule has 0 bridgehead atoms. The Kier molecular flexibility index (Phi) is 8.36. The van der Waals surface area contributed by atoms with Crippen LogP contribution in [0.1, 0.15) is 25.8 Å². The summed E-state index contributed by atoms with van der Waals surface area (Å²) in [7, 11) is 4.68. The lowest BCUT2D eigenvalue weighted by Gasteiger charge is -2.17. The standard InChI is InChI=1S/C29H30N4O3S/c1-18(2)13-14-37-29-32-26(20-15-24(34-3)27(36-5)25(16-20)35-4)22(17-30)28(33-29)31-23-12-8-10-19-9-6-7-11-21(19)23/h6-12,15-16,18H,13-14H2,1-5H3,(H,31,32,33). The normalized spacial score (nSPS) is 10.8. The lowest BCUT2D eigenvalue weighted by Crippen LogP contribution is -2.05. The molecule has 4 rings (SSSR count). The van der Waals surface area contributed by atoms with Crippen molar-refractivity contribution in [2.45, 2.75) is 25.4 Å². The molecule has 3 aromatic carbocycles. The zero-order valence-electron chi connectivity index (χ0n) is 21.7. The van der Waals surface area contributed by atoms with Crippen molar-refractivity contribution >= 4 is 34.0 Å². The number of hydrogen-bond acceptors (Lipinski definition) is 8. The highest BCUT2D eigenvalue weighted by Crippen LogP contribution is 2.42. The van der Waals surface area contributed by atoms with Gasteiger partial charge in [-0.2, -0.15) is 5.26 Å². The molecule has 0 spiro atoms. The molecule has 0 fully saturated rings. The van der Waals surface area contributed by atoms with Crippen LogP contribution in [0.15, 0.2) is 59.8 Å². The third kappa shape index (κ3) is 5.73. The van der Waals surface area contributed by atoms with Crippen LogP contribution in [0.5, 0.6) is 17.2 Å². The number of aromatic nitrogens is 2. The van der Waals surface area contributed by atoms with E-state index in [1.807, 2.05) is 30.3 Å². The van der Waals surface area contributed by atoms with E-state index < -0.39 is 0 Å². The van der Waals surface area contributed by atoms with Crippen LogP contribution in [0, 0.1) is 17.2 Å². The van der Waals surface area contributed by atoms with Crippen LogP contribution >= 0.6 is 11.8 Å². The van der Waals surface area contributed by atoms with Crippen molar-refractivity contribution in [3.8, 4) is 34.6 Å². The second-order valence-corrected chi connectivity index (χ2v) is 9.85. The van der Waals surface area contributed by atoms with Crippen molar-refractivity contribution in [2.75, 3.05) is 32.4 Å². The molecule has 0 unspecified atom stereocenters. The van der Waals surface area contributed by atoms with Gasteiger partial charge in [0.15, 0.2) is 22.5 Å². The van der Waals surface area contributed by atoms with E-state index in [9.17, 15) is 5.26 Å². The minimum atomic E-state index is 0.329. The number of benzene rings is 3. The zero-order chi connectivity index (χ0) is 26.4. The molecular formula is C29H30N4O3S. The fourth-order valence-electron chi connectivity index (χ4n) is 3.98. The lowest BCUT2D eigenvalue weighted by molar-refractivity contribution is 0.324. The Morgan fingerprint density at radius 1 is 0.946 bits per heavy atom. The van der Waals surface area contributed by atoms with E-state index in [2.05, 4.69) is 37.4 Å². The zero-order valence-corrected chi connectivity index (χ0v) is 22.5. The Bertz CT molecular complexity index is 1420. The van der Waals surface area contributed by atoms with Gasteiger partial charge in [-0.05, 0) is 35.9 Å². The summed E-state index contributed by atoms with van der Waals surface area (Å²) in [5.74, 6) is 3.32. The molecule has 8 heteroatoms. The minimum absolute atomic E-state index is 0.329. The molecule has 0 amide bonds. The summed E-state index contributed by atoms with van der Waals surface area (Å²) < 4.78 is 16.6. The van der Waals surface area contributed by atoms with Gasteiger partial charge in [-0.25, -0.2) is 9.97 Å². The molecule has 0 atom stereocenters. The molecule has 190 valence electrons. The number of nitriles is 1. The third-order valence-electron chi connectivity index (χ3n) is 5.91. The highest BCUT2D eigenvalue weighted by molar-refractivity contribution is 7.99. The summed E-state index contributed by atoms with van der Waals surface area (Å²) in [6, 6.07) is 20.0. The Morgan fingerprint density at radius 3 is 2.30 bits per heavy atom. The van der Waals surface area contributed by atoms with Crippen molar-refractivity contribution < 1.29 is 14.2 Å². The maximum atomic E-state index is 10.3. The van der Waals surface area contributed by atoms with Gasteiger partial charge in [0.05, 0.1) is 27.0 Å². The van der Waals surface area contributed by atoms with Gasteiger partial charge in [-0.3, -0.25) is 0 Å². The van der Waals surface area contributed by atoms with Gasteiger partial charge in [-0.1, -0.05) is 62.0 Å². The van der Waals surface area contributed by atoms with Gasteiger partial charge < -0.3 is 19.5 Å². The molecule has 0 saturated heterocycles. The lowest BCUT2D eigenvalue weighted by atomic mass is 10.0. The number of hydrogen-bond donors (Lipinski definition) is 1. The maximum absolute atomic E-state index is 10.3. The van der Waals surface area contributed by atoms with Gasteiger partial charge in [0.25, 0.3) is 0 Å². The van der Waals surface area contributed by atoms with Gasteiger partial charge in [0.1, 0.15) is 11.6 Å². The Labute approximate surface area is 221 Å². The summed E-state index contributed by atoms with van der Waals surface area (Å²) in [4.78, 5) is 9.60. The topological polar surface area (TPSA) is 89.3 Å². The second kappa shape index (κ2) is 11.8. The summed E-state index contributed by atoms with van der Waals surface area (Å²) in [5.41, 5.74) is 2.35. The average molecular weight is 515 g/mol. The van der Waals surface area contributed by atoms with E-state index in [0.29, 0.717) is 51.0 Å². The number of fused-ring (bicyclic) bond motifs is 1. The summed E-state index contributed by atoms with van der Waals surface area (Å²) >= 11 is 1.57. The van der Waals surface area contributed by atoms with Gasteiger partial charge >= 0.3 is 0 Å². The van der Waals surface area contributed by atoms with Crippen molar-refractivity contribution in [1.29, 1.82) is 5.26 Å². The number of anilines is 2. The Hall–Kier alpha value is -3.96. The first-order chi connectivity index (χ1) is 18.0. The fraction of sp³-hybridized carbons (Fsp3) is 0.276. The molecule has 1 N–H and O–H groups in total. The Balaban J connectivity index is 1.89.